The predicted octanol–water partition coefficient (Wildman–Crippen LogP) is 3.77. The summed E-state index contributed by atoms with van der Waals surface area (Å²) in [6, 6.07) is 13.8. The molecule has 0 saturated heterocycles. The van der Waals surface area contributed by atoms with Crippen molar-refractivity contribution in [2.45, 2.75) is 40.2 Å². The van der Waals surface area contributed by atoms with E-state index in [-0.39, 0.29) is 5.91 Å². The number of benzene rings is 1. The van der Waals surface area contributed by atoms with Crippen LogP contribution in [0.15, 0.2) is 48.7 Å². The van der Waals surface area contributed by atoms with E-state index in [0.29, 0.717) is 12.1 Å². The number of carbonyl (C=O) groups excluding carboxylic acids is 1. The third-order valence-corrected chi connectivity index (χ3v) is 4.40. The standard InChI is InChI=1S/C21H24N4O/c1-4-9-18-20(21(26)23-14-17-11-7-8-13-22-17)16(3)25(24-18)19-12-6-5-10-15(19)2/h5-8,10-13H,4,9,14H2,1-3H3,(H,23,26). The van der Waals surface area contributed by atoms with Gasteiger partial charge in [0.15, 0.2) is 0 Å². The van der Waals surface area contributed by atoms with Crippen LogP contribution in [0.2, 0.25) is 0 Å². The van der Waals surface area contributed by atoms with E-state index in [1.807, 2.05) is 48.0 Å². The summed E-state index contributed by atoms with van der Waals surface area (Å²) < 4.78 is 1.88. The van der Waals surface area contributed by atoms with Gasteiger partial charge in [-0.05, 0) is 44.0 Å². The van der Waals surface area contributed by atoms with E-state index >= 15 is 0 Å². The number of rotatable bonds is 6. The van der Waals surface area contributed by atoms with Gasteiger partial charge in [0, 0.05) is 6.20 Å². The minimum Gasteiger partial charge on any atom is -0.346 e. The first kappa shape index (κ1) is 17.9. The average molecular weight is 348 g/mol. The number of nitrogens with zero attached hydrogens (tertiary/aromatic N) is 3. The van der Waals surface area contributed by atoms with Gasteiger partial charge >= 0.3 is 0 Å². The maximum atomic E-state index is 12.9. The van der Waals surface area contributed by atoms with Crippen molar-refractivity contribution in [3.05, 3.63) is 76.9 Å². The maximum absolute atomic E-state index is 12.9. The normalized spacial score (nSPS) is 10.7. The van der Waals surface area contributed by atoms with Crippen LogP contribution in [0.1, 0.15) is 46.3 Å². The van der Waals surface area contributed by atoms with Gasteiger partial charge in [-0.25, -0.2) is 4.68 Å². The van der Waals surface area contributed by atoms with Gasteiger partial charge in [0.1, 0.15) is 0 Å². The number of para-hydroxylation sites is 1. The van der Waals surface area contributed by atoms with Crippen LogP contribution in [-0.2, 0) is 13.0 Å². The lowest BCUT2D eigenvalue weighted by atomic mass is 10.1. The van der Waals surface area contributed by atoms with Gasteiger partial charge in [-0.1, -0.05) is 37.6 Å². The zero-order chi connectivity index (χ0) is 18.5. The largest absolute Gasteiger partial charge is 0.346 e. The number of amides is 1. The topological polar surface area (TPSA) is 59.8 Å². The fraction of sp³-hybridized carbons (Fsp3) is 0.286. The summed E-state index contributed by atoms with van der Waals surface area (Å²) in [7, 11) is 0. The first-order valence-corrected chi connectivity index (χ1v) is 8.94. The van der Waals surface area contributed by atoms with Crippen LogP contribution in [-0.4, -0.2) is 20.7 Å². The van der Waals surface area contributed by atoms with Crippen LogP contribution in [0, 0.1) is 13.8 Å². The highest BCUT2D eigenvalue weighted by Crippen LogP contribution is 2.22. The Hall–Kier alpha value is -2.95. The van der Waals surface area contributed by atoms with Crippen molar-refractivity contribution in [2.75, 3.05) is 0 Å². The zero-order valence-electron chi connectivity index (χ0n) is 15.5. The molecule has 0 bridgehead atoms. The highest BCUT2D eigenvalue weighted by Gasteiger charge is 2.21. The van der Waals surface area contributed by atoms with Gasteiger partial charge in [0.2, 0.25) is 0 Å². The summed E-state index contributed by atoms with van der Waals surface area (Å²) in [5.41, 5.74) is 5.34. The predicted molar refractivity (Wildman–Crippen MR) is 102 cm³/mol. The molecule has 3 rings (SSSR count). The average Bonchev–Trinajstić information content (AvgIpc) is 2.97. The lowest BCUT2D eigenvalue weighted by Crippen LogP contribution is -2.24. The van der Waals surface area contributed by atoms with Crippen molar-refractivity contribution < 1.29 is 4.79 Å². The van der Waals surface area contributed by atoms with Crippen LogP contribution >= 0.6 is 0 Å². The van der Waals surface area contributed by atoms with E-state index in [1.165, 1.54) is 0 Å². The molecule has 0 atom stereocenters. The van der Waals surface area contributed by atoms with Crippen LogP contribution in [0.3, 0.4) is 0 Å². The SMILES string of the molecule is CCCc1nn(-c2ccccc2C)c(C)c1C(=O)NCc1ccccn1. The molecule has 0 radical (unpaired) electrons. The minimum absolute atomic E-state index is 0.101. The summed E-state index contributed by atoms with van der Waals surface area (Å²) in [5.74, 6) is -0.101. The Morgan fingerprint density at radius 2 is 1.88 bits per heavy atom. The maximum Gasteiger partial charge on any atom is 0.255 e. The Morgan fingerprint density at radius 3 is 2.58 bits per heavy atom. The van der Waals surface area contributed by atoms with Crippen LogP contribution < -0.4 is 5.32 Å². The van der Waals surface area contributed by atoms with Crippen molar-refractivity contribution in [1.29, 1.82) is 0 Å². The molecule has 0 aliphatic rings. The van der Waals surface area contributed by atoms with E-state index in [1.54, 1.807) is 6.20 Å². The molecule has 0 aliphatic heterocycles. The number of aromatic nitrogens is 3. The molecular weight excluding hydrogens is 324 g/mol. The van der Waals surface area contributed by atoms with Crippen molar-refractivity contribution in [3.8, 4) is 5.69 Å². The Balaban J connectivity index is 1.92. The number of hydrogen-bond acceptors (Lipinski definition) is 3. The Bertz CT molecular complexity index is 900. The molecule has 5 heteroatoms. The van der Waals surface area contributed by atoms with E-state index in [2.05, 4.69) is 30.2 Å². The van der Waals surface area contributed by atoms with Gasteiger partial charge in [-0.3, -0.25) is 9.78 Å². The third kappa shape index (κ3) is 3.67. The third-order valence-electron chi connectivity index (χ3n) is 4.40. The molecule has 0 saturated carbocycles. The summed E-state index contributed by atoms with van der Waals surface area (Å²) >= 11 is 0. The molecule has 1 amide bonds. The number of hydrogen-bond donors (Lipinski definition) is 1. The minimum atomic E-state index is -0.101. The molecule has 3 aromatic rings. The molecule has 0 fully saturated rings. The van der Waals surface area contributed by atoms with Crippen molar-refractivity contribution in [2.24, 2.45) is 0 Å². The lowest BCUT2D eigenvalue weighted by molar-refractivity contribution is 0.0949. The Labute approximate surface area is 154 Å². The smallest absolute Gasteiger partial charge is 0.255 e. The molecule has 2 aromatic heterocycles. The molecule has 2 heterocycles. The Morgan fingerprint density at radius 1 is 1.12 bits per heavy atom. The molecule has 5 nitrogen and oxygen atoms in total. The van der Waals surface area contributed by atoms with Crippen molar-refractivity contribution >= 4 is 5.91 Å². The fourth-order valence-corrected chi connectivity index (χ4v) is 3.07. The van der Waals surface area contributed by atoms with E-state index in [9.17, 15) is 4.79 Å². The van der Waals surface area contributed by atoms with Gasteiger partial charge in [0.05, 0.1) is 34.9 Å². The summed E-state index contributed by atoms with van der Waals surface area (Å²) in [4.78, 5) is 17.1. The van der Waals surface area contributed by atoms with Crippen molar-refractivity contribution in [3.63, 3.8) is 0 Å². The zero-order valence-corrected chi connectivity index (χ0v) is 15.5. The molecule has 0 aliphatic carbocycles. The first-order chi connectivity index (χ1) is 12.6. The van der Waals surface area contributed by atoms with Crippen LogP contribution in [0.25, 0.3) is 5.69 Å². The van der Waals surface area contributed by atoms with Crippen molar-refractivity contribution in [1.82, 2.24) is 20.1 Å². The number of carbonyl (C=O) groups is 1. The highest BCUT2D eigenvalue weighted by molar-refractivity contribution is 5.96. The molecule has 0 spiro atoms. The first-order valence-electron chi connectivity index (χ1n) is 8.94. The lowest BCUT2D eigenvalue weighted by Gasteiger charge is -2.09. The Kier molecular flexibility index (Phi) is 5.46. The second-order valence-electron chi connectivity index (χ2n) is 6.36. The second-order valence-corrected chi connectivity index (χ2v) is 6.36. The van der Waals surface area contributed by atoms with Crippen LogP contribution in [0.5, 0.6) is 0 Å². The second kappa shape index (κ2) is 7.95. The summed E-state index contributed by atoms with van der Waals surface area (Å²) in [6.07, 6.45) is 3.43. The van der Waals surface area contributed by atoms with Crippen LogP contribution in [0.4, 0.5) is 0 Å². The number of aryl methyl sites for hydroxylation is 2. The quantitative estimate of drug-likeness (QED) is 0.738. The van der Waals surface area contributed by atoms with Gasteiger partial charge in [-0.2, -0.15) is 5.10 Å². The van der Waals surface area contributed by atoms with Gasteiger partial charge < -0.3 is 5.32 Å². The highest BCUT2D eigenvalue weighted by atomic mass is 16.1. The van der Waals surface area contributed by atoms with Gasteiger partial charge in [0.25, 0.3) is 5.91 Å². The molecular formula is C21H24N4O. The molecule has 1 N–H and O–H groups in total. The fourth-order valence-electron chi connectivity index (χ4n) is 3.07. The summed E-state index contributed by atoms with van der Waals surface area (Å²) in [5, 5.41) is 7.73. The van der Waals surface area contributed by atoms with E-state index < -0.39 is 0 Å². The number of nitrogens with one attached hydrogen (secondary N) is 1. The summed E-state index contributed by atoms with van der Waals surface area (Å²) in [6.45, 7) is 6.50. The van der Waals surface area contributed by atoms with Gasteiger partial charge in [-0.15, -0.1) is 0 Å². The van der Waals surface area contributed by atoms with E-state index in [0.717, 1.165) is 41.2 Å². The monoisotopic (exact) mass is 348 g/mol. The number of pyridine rings is 1. The molecule has 0 unspecified atom stereocenters. The molecule has 1 aromatic carbocycles. The molecule has 26 heavy (non-hydrogen) atoms. The molecule has 134 valence electrons. The van der Waals surface area contributed by atoms with E-state index in [4.69, 9.17) is 5.10 Å².